The van der Waals surface area contributed by atoms with Gasteiger partial charge in [0, 0.05) is 25.9 Å². The average Bonchev–Trinajstić information content (AvgIpc) is 2.30. The van der Waals surface area contributed by atoms with E-state index in [1.54, 1.807) is 0 Å². The average molecular weight is 315 g/mol. The summed E-state index contributed by atoms with van der Waals surface area (Å²) in [6.45, 7) is 1.81. The summed E-state index contributed by atoms with van der Waals surface area (Å²) in [5.41, 5.74) is 1.33. The Balaban J connectivity index is 2.02. The molecule has 0 amide bonds. The number of halogens is 1. The van der Waals surface area contributed by atoms with Crippen LogP contribution in [0.2, 0.25) is 0 Å². The maximum atomic E-state index is 11.1. The normalized spacial score (nSPS) is 20.2. The number of carbonyl (C=O) groups excluding carboxylic acids is 1. The lowest BCUT2D eigenvalue weighted by Crippen LogP contribution is -2.34. The van der Waals surface area contributed by atoms with Crippen LogP contribution in [0.1, 0.15) is 22.5 Å². The summed E-state index contributed by atoms with van der Waals surface area (Å²) < 4.78 is 0.400. The second-order valence-corrected chi connectivity index (χ2v) is 5.00. The number of piperidine rings is 1. The van der Waals surface area contributed by atoms with Crippen molar-refractivity contribution < 1.29 is 4.79 Å². The molecule has 0 N–H and O–H groups in total. The molecule has 2 rings (SSSR count). The van der Waals surface area contributed by atoms with Crippen molar-refractivity contribution in [3.8, 4) is 0 Å². The predicted molar refractivity (Wildman–Crippen MR) is 69.0 cm³/mol. The summed E-state index contributed by atoms with van der Waals surface area (Å²) in [4.78, 5) is 13.5. The molecule has 3 heteroatoms. The number of ketones is 1. The maximum Gasteiger partial charge on any atom is 0.135 e. The molecule has 1 unspecified atom stereocenters. The monoisotopic (exact) mass is 315 g/mol. The molecule has 1 aromatic rings. The first-order valence-corrected chi connectivity index (χ1v) is 6.47. The van der Waals surface area contributed by atoms with Crippen LogP contribution in [0, 0.1) is 0 Å². The van der Waals surface area contributed by atoms with Crippen LogP contribution in [-0.4, -0.2) is 23.8 Å². The minimum absolute atomic E-state index is 0.400. The molecular weight excluding hydrogens is 301 g/mol. The highest BCUT2D eigenvalue weighted by Crippen LogP contribution is 2.29. The van der Waals surface area contributed by atoms with Gasteiger partial charge in [0.25, 0.3) is 0 Å². The van der Waals surface area contributed by atoms with Gasteiger partial charge in [-0.2, -0.15) is 0 Å². The maximum absolute atomic E-state index is 11.1. The Hall–Kier alpha value is -0.420. The summed E-state index contributed by atoms with van der Waals surface area (Å²) in [5, 5.41) is 0. The molecule has 0 aromatic heterocycles. The van der Waals surface area contributed by atoms with E-state index in [9.17, 15) is 4.79 Å². The Morgan fingerprint density at radius 2 is 1.73 bits per heavy atom. The molecule has 1 aliphatic rings. The van der Waals surface area contributed by atoms with Crippen LogP contribution in [-0.2, 0) is 4.79 Å². The minimum Gasteiger partial charge on any atom is -0.300 e. The molecule has 1 saturated heterocycles. The lowest BCUT2D eigenvalue weighted by molar-refractivity contribution is -0.121. The first-order chi connectivity index (χ1) is 7.27. The third-order valence-electron chi connectivity index (χ3n) is 2.75. The van der Waals surface area contributed by atoms with Gasteiger partial charge in [0.05, 0.1) is 4.05 Å². The Morgan fingerprint density at radius 3 is 2.33 bits per heavy atom. The van der Waals surface area contributed by atoms with Gasteiger partial charge in [-0.05, 0) is 5.56 Å². The number of alkyl halides is 1. The van der Waals surface area contributed by atoms with Crippen LogP contribution in [0.4, 0.5) is 0 Å². The second kappa shape index (κ2) is 5.07. The highest BCUT2D eigenvalue weighted by molar-refractivity contribution is 14.1. The number of hydrogen-bond acceptors (Lipinski definition) is 2. The fraction of sp³-hybridized carbons (Fsp3) is 0.417. The second-order valence-electron chi connectivity index (χ2n) is 3.82. The van der Waals surface area contributed by atoms with Crippen LogP contribution in [0.15, 0.2) is 30.3 Å². The van der Waals surface area contributed by atoms with Crippen LogP contribution < -0.4 is 0 Å². The van der Waals surface area contributed by atoms with Crippen molar-refractivity contribution in [1.29, 1.82) is 0 Å². The van der Waals surface area contributed by atoms with E-state index in [-0.39, 0.29) is 0 Å². The minimum atomic E-state index is 0.400. The lowest BCUT2D eigenvalue weighted by atomic mass is 10.1. The predicted octanol–water partition coefficient (Wildman–Crippen LogP) is 2.79. The van der Waals surface area contributed by atoms with E-state index in [4.69, 9.17) is 0 Å². The number of likely N-dealkylation sites (tertiary alicyclic amines) is 1. The van der Waals surface area contributed by atoms with Gasteiger partial charge in [0.15, 0.2) is 0 Å². The molecular formula is C12H14INO. The highest BCUT2D eigenvalue weighted by atomic mass is 127. The summed E-state index contributed by atoms with van der Waals surface area (Å²) >= 11 is 2.45. The van der Waals surface area contributed by atoms with E-state index in [0.717, 1.165) is 13.1 Å². The number of rotatable bonds is 2. The Kier molecular flexibility index (Phi) is 3.75. The summed E-state index contributed by atoms with van der Waals surface area (Å²) in [6.07, 6.45) is 1.43. The fourth-order valence-electron chi connectivity index (χ4n) is 1.82. The van der Waals surface area contributed by atoms with E-state index >= 15 is 0 Å². The van der Waals surface area contributed by atoms with Crippen molar-refractivity contribution >= 4 is 28.4 Å². The van der Waals surface area contributed by atoms with Gasteiger partial charge in [-0.25, -0.2) is 0 Å². The molecule has 0 aliphatic carbocycles. The summed E-state index contributed by atoms with van der Waals surface area (Å²) in [5.74, 6) is 0.405. The number of carbonyl (C=O) groups is 1. The van der Waals surface area contributed by atoms with E-state index in [2.05, 4.69) is 51.8 Å². The molecule has 2 nitrogen and oxygen atoms in total. The van der Waals surface area contributed by atoms with Gasteiger partial charge in [-0.3, -0.25) is 9.69 Å². The standard InChI is InChI=1S/C12H14INO/c13-12(10-4-2-1-3-5-10)14-8-6-11(15)7-9-14/h1-5,12H,6-9H2. The topological polar surface area (TPSA) is 20.3 Å². The summed E-state index contributed by atoms with van der Waals surface area (Å²) in [7, 11) is 0. The molecule has 1 fully saturated rings. The Morgan fingerprint density at radius 1 is 1.13 bits per heavy atom. The Bertz CT molecular complexity index is 329. The van der Waals surface area contributed by atoms with Crippen LogP contribution in [0.5, 0.6) is 0 Å². The van der Waals surface area contributed by atoms with Gasteiger partial charge in [0.2, 0.25) is 0 Å². The van der Waals surface area contributed by atoms with Gasteiger partial charge in [-0.15, -0.1) is 0 Å². The largest absolute Gasteiger partial charge is 0.300 e. The molecule has 15 heavy (non-hydrogen) atoms. The SMILES string of the molecule is O=C1CCN(C(I)c2ccccc2)CC1. The van der Waals surface area contributed by atoms with Crippen molar-refractivity contribution in [2.75, 3.05) is 13.1 Å². The molecule has 1 aromatic carbocycles. The first-order valence-electron chi connectivity index (χ1n) is 5.22. The number of benzene rings is 1. The van der Waals surface area contributed by atoms with E-state index < -0.39 is 0 Å². The van der Waals surface area contributed by atoms with Crippen LogP contribution in [0.25, 0.3) is 0 Å². The number of nitrogens with zero attached hydrogens (tertiary/aromatic N) is 1. The van der Waals surface area contributed by atoms with E-state index in [1.165, 1.54) is 5.56 Å². The number of hydrogen-bond donors (Lipinski definition) is 0. The molecule has 0 bridgehead atoms. The first kappa shape index (κ1) is 11.1. The van der Waals surface area contributed by atoms with E-state index in [1.807, 2.05) is 6.07 Å². The van der Waals surface area contributed by atoms with Crippen molar-refractivity contribution in [3.05, 3.63) is 35.9 Å². The molecule has 1 aliphatic heterocycles. The van der Waals surface area contributed by atoms with Crippen LogP contribution >= 0.6 is 22.6 Å². The van der Waals surface area contributed by atoms with Crippen molar-refractivity contribution in [3.63, 3.8) is 0 Å². The van der Waals surface area contributed by atoms with Gasteiger partial charge >= 0.3 is 0 Å². The zero-order valence-corrected chi connectivity index (χ0v) is 10.7. The van der Waals surface area contributed by atoms with Crippen molar-refractivity contribution in [1.82, 2.24) is 4.90 Å². The third kappa shape index (κ3) is 2.78. The highest BCUT2D eigenvalue weighted by Gasteiger charge is 2.22. The quantitative estimate of drug-likeness (QED) is 0.475. The zero-order chi connectivity index (χ0) is 10.7. The number of Topliss-reactive ketones (excluding diaryl/α,β-unsaturated/α-hetero) is 1. The van der Waals surface area contributed by atoms with Crippen LogP contribution in [0.3, 0.4) is 0 Å². The molecule has 0 saturated carbocycles. The van der Waals surface area contributed by atoms with Crippen molar-refractivity contribution in [2.24, 2.45) is 0 Å². The van der Waals surface area contributed by atoms with Gasteiger partial charge in [-0.1, -0.05) is 52.9 Å². The lowest BCUT2D eigenvalue weighted by Gasteiger charge is -2.30. The fourth-order valence-corrected chi connectivity index (χ4v) is 2.80. The third-order valence-corrected chi connectivity index (χ3v) is 4.26. The summed E-state index contributed by atoms with van der Waals surface area (Å²) in [6, 6.07) is 10.5. The van der Waals surface area contributed by atoms with Gasteiger partial charge < -0.3 is 0 Å². The molecule has 0 radical (unpaired) electrons. The molecule has 0 spiro atoms. The van der Waals surface area contributed by atoms with Crippen molar-refractivity contribution in [2.45, 2.75) is 16.9 Å². The molecule has 80 valence electrons. The zero-order valence-electron chi connectivity index (χ0n) is 8.53. The molecule has 1 atom stereocenters. The van der Waals surface area contributed by atoms with E-state index in [0.29, 0.717) is 22.7 Å². The smallest absolute Gasteiger partial charge is 0.135 e. The van der Waals surface area contributed by atoms with Gasteiger partial charge in [0.1, 0.15) is 5.78 Å². The molecule has 1 heterocycles. The Labute approximate surface area is 104 Å².